The monoisotopic (exact) mass is 286 g/mol. The molecule has 1 saturated carbocycles. The summed E-state index contributed by atoms with van der Waals surface area (Å²) < 4.78 is 104. The number of alkyl halides is 8. The molecule has 1 rings (SSSR count). The molecule has 1 aliphatic rings. The molecule has 1 fully saturated rings. The van der Waals surface area contributed by atoms with E-state index in [0.29, 0.717) is 0 Å². The summed E-state index contributed by atoms with van der Waals surface area (Å²) in [5, 5.41) is 8.94. The molecule has 0 bridgehead atoms. The van der Waals surface area contributed by atoms with Crippen molar-refractivity contribution in [1.82, 2.24) is 0 Å². The Morgan fingerprint density at radius 3 is 2.00 bits per heavy atom. The molecule has 0 aromatic heterocycles. The zero-order chi connectivity index (χ0) is 14.6. The molecular weight excluding hydrogens is 276 g/mol. The Kier molecular flexibility index (Phi) is 3.39. The highest BCUT2D eigenvalue weighted by Gasteiger charge is 2.83. The second-order valence-corrected chi connectivity index (χ2v) is 4.58. The van der Waals surface area contributed by atoms with Gasteiger partial charge < -0.3 is 5.11 Å². The quantitative estimate of drug-likeness (QED) is 0.774. The Balaban J connectivity index is 3.46. The maximum Gasteiger partial charge on any atom is 0.403 e. The number of hydrogen-bond acceptors (Lipinski definition) is 1. The van der Waals surface area contributed by atoms with Crippen molar-refractivity contribution in [3.63, 3.8) is 0 Å². The Morgan fingerprint density at radius 2 is 1.78 bits per heavy atom. The average molecular weight is 286 g/mol. The third-order valence-corrected chi connectivity index (χ3v) is 3.29. The topological polar surface area (TPSA) is 20.2 Å². The smallest absolute Gasteiger partial charge is 0.359 e. The van der Waals surface area contributed by atoms with Gasteiger partial charge in [0.25, 0.3) is 5.85 Å². The fraction of sp³-hybridized carbons (Fsp3) is 1.00. The highest BCUT2D eigenvalue weighted by atomic mass is 19.4. The third-order valence-electron chi connectivity index (χ3n) is 3.29. The van der Waals surface area contributed by atoms with Crippen molar-refractivity contribution < 1.29 is 40.2 Å². The average Bonchev–Trinajstić information content (AvgIpc) is 2.35. The molecule has 1 N–H and O–H groups in total. The number of rotatable bonds is 2. The molecule has 0 saturated heterocycles. The van der Waals surface area contributed by atoms with Crippen molar-refractivity contribution in [2.75, 3.05) is 6.67 Å². The van der Waals surface area contributed by atoms with E-state index < -0.39 is 48.6 Å². The van der Waals surface area contributed by atoms with E-state index in [4.69, 9.17) is 5.11 Å². The summed E-state index contributed by atoms with van der Waals surface area (Å²) in [7, 11) is 0. The summed E-state index contributed by atoms with van der Waals surface area (Å²) in [6.07, 6.45) is -15.1. The Bertz CT molecular complexity index is 325. The van der Waals surface area contributed by atoms with Crippen LogP contribution in [0.25, 0.3) is 0 Å². The van der Waals surface area contributed by atoms with Gasteiger partial charge in [-0.1, -0.05) is 0 Å². The Morgan fingerprint density at radius 1 is 1.33 bits per heavy atom. The van der Waals surface area contributed by atoms with Crippen molar-refractivity contribution in [2.45, 2.75) is 43.4 Å². The van der Waals surface area contributed by atoms with Crippen LogP contribution in [0.15, 0.2) is 0 Å². The predicted octanol–water partition coefficient (Wildman–Crippen LogP) is 2.97. The first kappa shape index (κ1) is 15.5. The highest BCUT2D eigenvalue weighted by Crippen LogP contribution is 2.64. The molecule has 108 valence electrons. The van der Waals surface area contributed by atoms with Crippen LogP contribution in [0.5, 0.6) is 0 Å². The lowest BCUT2D eigenvalue weighted by Crippen LogP contribution is -2.60. The van der Waals surface area contributed by atoms with Crippen LogP contribution >= 0.6 is 0 Å². The van der Waals surface area contributed by atoms with Crippen LogP contribution in [-0.4, -0.2) is 41.8 Å². The van der Waals surface area contributed by atoms with Gasteiger partial charge in [0.1, 0.15) is 18.5 Å². The van der Waals surface area contributed by atoms with Crippen LogP contribution in [0.4, 0.5) is 35.1 Å². The largest absolute Gasteiger partial charge is 0.403 e. The van der Waals surface area contributed by atoms with Gasteiger partial charge in [-0.25, -0.2) is 22.0 Å². The van der Waals surface area contributed by atoms with Crippen LogP contribution in [-0.2, 0) is 0 Å². The van der Waals surface area contributed by atoms with Gasteiger partial charge in [0.05, 0.1) is 0 Å². The standard InChI is InChI=1S/C9H10F8O/c1-6(13)3-7(4(11)2-10,9(15,16)17)8(14,18)5(6)12/h4-5,18H,2-3H2,1H3. The Hall–Kier alpha value is -0.600. The minimum absolute atomic E-state index is 0.251. The molecule has 5 atom stereocenters. The first-order valence-corrected chi connectivity index (χ1v) is 4.85. The molecular formula is C9H10F8O. The summed E-state index contributed by atoms with van der Waals surface area (Å²) in [6, 6.07) is 0. The summed E-state index contributed by atoms with van der Waals surface area (Å²) in [5.74, 6) is -4.87. The van der Waals surface area contributed by atoms with Gasteiger partial charge >= 0.3 is 6.18 Å². The van der Waals surface area contributed by atoms with Crippen molar-refractivity contribution in [1.29, 1.82) is 0 Å². The van der Waals surface area contributed by atoms with Gasteiger partial charge in [-0.05, 0) is 6.92 Å². The molecule has 0 aliphatic heterocycles. The van der Waals surface area contributed by atoms with Gasteiger partial charge in [-0.15, -0.1) is 0 Å². The van der Waals surface area contributed by atoms with E-state index in [1.54, 1.807) is 0 Å². The molecule has 5 unspecified atom stereocenters. The SMILES string of the molecule is CC1(F)CC(C(F)CF)(C(F)(F)F)C(O)(F)C1F. The minimum Gasteiger partial charge on any atom is -0.359 e. The van der Waals surface area contributed by atoms with Crippen molar-refractivity contribution in [3.8, 4) is 0 Å². The first-order chi connectivity index (χ1) is 7.84. The van der Waals surface area contributed by atoms with E-state index in [0.717, 1.165) is 0 Å². The molecule has 0 aromatic carbocycles. The summed E-state index contributed by atoms with van der Waals surface area (Å²) in [5.41, 5.74) is -7.92. The van der Waals surface area contributed by atoms with Crippen LogP contribution in [0.1, 0.15) is 13.3 Å². The van der Waals surface area contributed by atoms with E-state index in [1.807, 2.05) is 0 Å². The van der Waals surface area contributed by atoms with Crippen molar-refractivity contribution in [2.24, 2.45) is 5.41 Å². The summed E-state index contributed by atoms with van der Waals surface area (Å²) >= 11 is 0. The van der Waals surface area contributed by atoms with Gasteiger partial charge in [0.2, 0.25) is 0 Å². The minimum atomic E-state index is -5.85. The zero-order valence-electron chi connectivity index (χ0n) is 9.04. The lowest BCUT2D eigenvalue weighted by atomic mass is 9.76. The van der Waals surface area contributed by atoms with E-state index in [9.17, 15) is 35.1 Å². The molecule has 1 nitrogen and oxygen atoms in total. The third kappa shape index (κ3) is 1.70. The van der Waals surface area contributed by atoms with Crippen LogP contribution in [0, 0.1) is 5.41 Å². The van der Waals surface area contributed by atoms with E-state index in [1.165, 1.54) is 0 Å². The Labute approximate surface area is 96.8 Å². The lowest BCUT2D eigenvalue weighted by Gasteiger charge is -2.39. The molecule has 0 radical (unpaired) electrons. The van der Waals surface area contributed by atoms with Gasteiger partial charge in [0.15, 0.2) is 11.6 Å². The molecule has 18 heavy (non-hydrogen) atoms. The fourth-order valence-electron chi connectivity index (χ4n) is 2.32. The fourth-order valence-corrected chi connectivity index (χ4v) is 2.32. The predicted molar refractivity (Wildman–Crippen MR) is 44.4 cm³/mol. The zero-order valence-corrected chi connectivity index (χ0v) is 9.04. The molecule has 0 amide bonds. The first-order valence-electron chi connectivity index (χ1n) is 4.85. The summed E-state index contributed by atoms with van der Waals surface area (Å²) in [4.78, 5) is 0. The van der Waals surface area contributed by atoms with E-state index >= 15 is 0 Å². The normalized spacial score (nSPS) is 47.3. The number of hydrogen-bond donors (Lipinski definition) is 1. The second-order valence-electron chi connectivity index (χ2n) is 4.58. The van der Waals surface area contributed by atoms with E-state index in [-0.39, 0.29) is 6.92 Å². The highest BCUT2D eigenvalue weighted by molar-refractivity contribution is 5.18. The molecule has 0 aromatic rings. The van der Waals surface area contributed by atoms with Crippen molar-refractivity contribution in [3.05, 3.63) is 0 Å². The van der Waals surface area contributed by atoms with Gasteiger partial charge in [-0.3, -0.25) is 0 Å². The van der Waals surface area contributed by atoms with E-state index in [2.05, 4.69) is 0 Å². The van der Waals surface area contributed by atoms with Gasteiger partial charge in [0, 0.05) is 6.42 Å². The molecule has 1 aliphatic carbocycles. The number of aliphatic hydroxyl groups is 1. The van der Waals surface area contributed by atoms with Crippen LogP contribution < -0.4 is 0 Å². The maximum atomic E-state index is 13.6. The van der Waals surface area contributed by atoms with Crippen LogP contribution in [0.2, 0.25) is 0 Å². The molecule has 9 heteroatoms. The van der Waals surface area contributed by atoms with Crippen LogP contribution in [0.3, 0.4) is 0 Å². The molecule has 0 heterocycles. The van der Waals surface area contributed by atoms with Crippen molar-refractivity contribution >= 4 is 0 Å². The number of halogens is 8. The van der Waals surface area contributed by atoms with Gasteiger partial charge in [-0.2, -0.15) is 13.2 Å². The summed E-state index contributed by atoms with van der Waals surface area (Å²) in [6.45, 7) is -2.07. The molecule has 0 spiro atoms. The maximum absolute atomic E-state index is 13.6. The second kappa shape index (κ2) is 3.94. The lowest BCUT2D eigenvalue weighted by molar-refractivity contribution is -0.338.